The molecule has 0 amide bonds. The molecular formula is C10H9BrN2O3S. The number of aromatic nitrogens is 2. The molecule has 1 aromatic heterocycles. The summed E-state index contributed by atoms with van der Waals surface area (Å²) < 4.78 is 16.7. The largest absolute Gasteiger partial charge is 0.493 e. The van der Waals surface area contributed by atoms with E-state index in [1.165, 1.54) is 11.3 Å². The van der Waals surface area contributed by atoms with Crippen LogP contribution in [0.3, 0.4) is 0 Å². The van der Waals surface area contributed by atoms with Gasteiger partial charge in [-0.15, -0.1) is 5.10 Å². The Balaban J connectivity index is 2.36. The maximum Gasteiger partial charge on any atom is 0.300 e. The molecule has 2 aromatic rings. The van der Waals surface area contributed by atoms with Crippen LogP contribution in [0.15, 0.2) is 22.1 Å². The second-order valence-corrected chi connectivity index (χ2v) is 5.13. The molecule has 1 aromatic carbocycles. The third-order valence-corrected chi connectivity index (χ3v) is 3.19. The van der Waals surface area contributed by atoms with Crippen LogP contribution >= 0.6 is 27.3 Å². The predicted octanol–water partition coefficient (Wildman–Crippen LogP) is 3.11. The molecule has 0 saturated heterocycles. The molecule has 17 heavy (non-hydrogen) atoms. The maximum atomic E-state index is 5.61. The van der Waals surface area contributed by atoms with Gasteiger partial charge in [-0.05, 0) is 39.4 Å². The molecule has 0 N–H and O–H groups in total. The molecule has 7 heteroatoms. The summed E-state index contributed by atoms with van der Waals surface area (Å²) in [6, 6.07) is 5.39. The number of nitrogens with zero attached hydrogens (tertiary/aromatic N) is 2. The number of hydrogen-bond acceptors (Lipinski definition) is 6. The minimum absolute atomic E-state index is 0.416. The molecular weight excluding hydrogens is 308 g/mol. The second kappa shape index (κ2) is 5.33. The highest BCUT2D eigenvalue weighted by atomic mass is 79.9. The van der Waals surface area contributed by atoms with Gasteiger partial charge in [0.25, 0.3) is 0 Å². The first-order chi connectivity index (χ1) is 8.24. The molecule has 0 aliphatic heterocycles. The molecule has 0 atom stereocenters. The summed E-state index contributed by atoms with van der Waals surface area (Å²) >= 11 is 4.50. The van der Waals surface area contributed by atoms with Gasteiger partial charge < -0.3 is 14.2 Å². The minimum atomic E-state index is 0.416. The summed E-state index contributed by atoms with van der Waals surface area (Å²) in [5.74, 6) is 1.65. The van der Waals surface area contributed by atoms with Gasteiger partial charge >= 0.3 is 5.19 Å². The summed E-state index contributed by atoms with van der Waals surface area (Å²) in [6.07, 6.45) is 0. The number of methoxy groups -OCH3 is 2. The van der Waals surface area contributed by atoms with Crippen LogP contribution in [0.5, 0.6) is 22.4 Å². The molecule has 0 aliphatic rings. The van der Waals surface area contributed by atoms with Gasteiger partial charge in [-0.3, -0.25) is 0 Å². The van der Waals surface area contributed by atoms with Gasteiger partial charge in [0.15, 0.2) is 15.4 Å². The van der Waals surface area contributed by atoms with Crippen LogP contribution in [0.25, 0.3) is 0 Å². The Morgan fingerprint density at radius 3 is 2.24 bits per heavy atom. The van der Waals surface area contributed by atoms with Gasteiger partial charge in [-0.1, -0.05) is 11.2 Å². The van der Waals surface area contributed by atoms with Crippen molar-refractivity contribution in [2.24, 2.45) is 0 Å². The summed E-state index contributed by atoms with van der Waals surface area (Å²) in [5, 5.41) is 8.07. The predicted molar refractivity (Wildman–Crippen MR) is 67.2 cm³/mol. The van der Waals surface area contributed by atoms with Gasteiger partial charge in [0.1, 0.15) is 0 Å². The highest BCUT2D eigenvalue weighted by molar-refractivity contribution is 9.11. The minimum Gasteiger partial charge on any atom is -0.493 e. The van der Waals surface area contributed by atoms with Gasteiger partial charge in [0.2, 0.25) is 5.75 Å². The van der Waals surface area contributed by atoms with Crippen molar-refractivity contribution in [3.8, 4) is 22.4 Å². The first-order valence-corrected chi connectivity index (χ1v) is 6.23. The van der Waals surface area contributed by atoms with Crippen LogP contribution in [-0.4, -0.2) is 24.4 Å². The molecule has 5 nitrogen and oxygen atoms in total. The van der Waals surface area contributed by atoms with E-state index in [0.29, 0.717) is 26.4 Å². The summed E-state index contributed by atoms with van der Waals surface area (Å²) in [7, 11) is 3.13. The zero-order valence-corrected chi connectivity index (χ0v) is 11.5. The molecule has 0 aliphatic carbocycles. The summed E-state index contributed by atoms with van der Waals surface area (Å²) in [5.41, 5.74) is 0. The van der Waals surface area contributed by atoms with Crippen LogP contribution in [0.1, 0.15) is 0 Å². The summed E-state index contributed by atoms with van der Waals surface area (Å²) in [6.45, 7) is 0. The van der Waals surface area contributed by atoms with Crippen molar-refractivity contribution in [1.29, 1.82) is 0 Å². The molecule has 0 radical (unpaired) electrons. The van der Waals surface area contributed by atoms with E-state index in [0.717, 1.165) is 0 Å². The van der Waals surface area contributed by atoms with Crippen molar-refractivity contribution >= 4 is 27.3 Å². The van der Waals surface area contributed by atoms with Crippen molar-refractivity contribution in [3.05, 3.63) is 22.1 Å². The van der Waals surface area contributed by atoms with E-state index >= 15 is 0 Å². The Morgan fingerprint density at radius 1 is 1.12 bits per heavy atom. The van der Waals surface area contributed by atoms with E-state index < -0.39 is 0 Å². The maximum absolute atomic E-state index is 5.61. The number of ether oxygens (including phenoxy) is 3. The summed E-state index contributed by atoms with van der Waals surface area (Å²) in [4.78, 5) is 0. The third kappa shape index (κ3) is 2.67. The lowest BCUT2D eigenvalue weighted by Gasteiger charge is -2.11. The average molecular weight is 317 g/mol. The van der Waals surface area contributed by atoms with Crippen LogP contribution in [-0.2, 0) is 0 Å². The van der Waals surface area contributed by atoms with Gasteiger partial charge in [-0.25, -0.2) is 0 Å². The lowest BCUT2D eigenvalue weighted by molar-refractivity contribution is 0.345. The quantitative estimate of drug-likeness (QED) is 0.867. The highest BCUT2D eigenvalue weighted by Gasteiger charge is 2.14. The fourth-order valence-corrected chi connectivity index (χ4v) is 2.17. The van der Waals surface area contributed by atoms with Gasteiger partial charge in [0.05, 0.1) is 14.2 Å². The lowest BCUT2D eigenvalue weighted by Crippen LogP contribution is -1.94. The normalized spacial score (nSPS) is 10.1. The van der Waals surface area contributed by atoms with Crippen molar-refractivity contribution in [2.75, 3.05) is 14.2 Å². The number of para-hydroxylation sites is 1. The molecule has 0 fully saturated rings. The third-order valence-electron chi connectivity index (χ3n) is 1.95. The molecule has 0 bridgehead atoms. The van der Waals surface area contributed by atoms with Crippen LogP contribution in [0, 0.1) is 0 Å². The van der Waals surface area contributed by atoms with E-state index in [9.17, 15) is 0 Å². The van der Waals surface area contributed by atoms with Crippen LogP contribution in [0.4, 0.5) is 0 Å². The van der Waals surface area contributed by atoms with E-state index in [-0.39, 0.29) is 0 Å². The SMILES string of the molecule is COc1cccc(OC)c1Oc1nnc(Br)s1. The first kappa shape index (κ1) is 12.1. The Labute approximate surface area is 110 Å². The van der Waals surface area contributed by atoms with Crippen molar-refractivity contribution in [2.45, 2.75) is 0 Å². The molecule has 0 saturated carbocycles. The zero-order chi connectivity index (χ0) is 12.3. The monoisotopic (exact) mass is 316 g/mol. The lowest BCUT2D eigenvalue weighted by atomic mass is 10.3. The molecule has 1 heterocycles. The Morgan fingerprint density at radius 2 is 1.76 bits per heavy atom. The topological polar surface area (TPSA) is 53.5 Å². The van der Waals surface area contributed by atoms with Crippen molar-refractivity contribution < 1.29 is 14.2 Å². The fraction of sp³-hybridized carbons (Fsp3) is 0.200. The Bertz CT molecular complexity index is 496. The van der Waals surface area contributed by atoms with E-state index in [1.54, 1.807) is 26.4 Å². The first-order valence-electron chi connectivity index (χ1n) is 4.62. The second-order valence-electron chi connectivity index (χ2n) is 2.91. The van der Waals surface area contributed by atoms with E-state index in [4.69, 9.17) is 14.2 Å². The average Bonchev–Trinajstić information content (AvgIpc) is 2.75. The molecule has 2 rings (SSSR count). The number of hydrogen-bond donors (Lipinski definition) is 0. The Hall–Kier alpha value is -1.34. The number of benzene rings is 1. The number of halogens is 1. The van der Waals surface area contributed by atoms with E-state index in [1.807, 2.05) is 6.07 Å². The molecule has 0 unspecified atom stereocenters. The van der Waals surface area contributed by atoms with Crippen LogP contribution < -0.4 is 14.2 Å². The van der Waals surface area contributed by atoms with Gasteiger partial charge in [0, 0.05) is 0 Å². The van der Waals surface area contributed by atoms with E-state index in [2.05, 4.69) is 26.1 Å². The standard InChI is InChI=1S/C10H9BrN2O3S/c1-14-6-4-3-5-7(15-2)8(6)16-10-13-12-9(11)17-10/h3-5H,1-2H3. The van der Waals surface area contributed by atoms with Crippen molar-refractivity contribution in [3.63, 3.8) is 0 Å². The van der Waals surface area contributed by atoms with Gasteiger partial charge in [-0.2, -0.15) is 0 Å². The number of rotatable bonds is 4. The fourth-order valence-electron chi connectivity index (χ4n) is 1.24. The Kier molecular flexibility index (Phi) is 3.80. The highest BCUT2D eigenvalue weighted by Crippen LogP contribution is 2.40. The molecule has 0 spiro atoms. The van der Waals surface area contributed by atoms with Crippen LogP contribution in [0.2, 0.25) is 0 Å². The zero-order valence-electron chi connectivity index (χ0n) is 9.14. The van der Waals surface area contributed by atoms with Crippen molar-refractivity contribution in [1.82, 2.24) is 10.2 Å². The smallest absolute Gasteiger partial charge is 0.300 e. The molecule has 90 valence electrons.